The van der Waals surface area contributed by atoms with Crippen molar-refractivity contribution in [3.63, 3.8) is 0 Å². The van der Waals surface area contributed by atoms with Crippen LogP contribution in [0.3, 0.4) is 0 Å². The Morgan fingerprint density at radius 3 is 3.00 bits per heavy atom. The first-order valence-electron chi connectivity index (χ1n) is 6.88. The summed E-state index contributed by atoms with van der Waals surface area (Å²) in [4.78, 5) is 7.80. The minimum atomic E-state index is -0.140. The second-order valence-corrected chi connectivity index (χ2v) is 7.83. The zero-order valence-corrected chi connectivity index (χ0v) is 14.7. The van der Waals surface area contributed by atoms with Gasteiger partial charge in [0.2, 0.25) is 11.7 Å². The smallest absolute Gasteiger partial charge is 0.241 e. The highest BCUT2D eigenvalue weighted by Gasteiger charge is 2.32. The van der Waals surface area contributed by atoms with Gasteiger partial charge in [-0.3, -0.25) is 4.90 Å². The summed E-state index contributed by atoms with van der Waals surface area (Å²) in [6, 6.07) is 2.00. The Kier molecular flexibility index (Phi) is 4.18. The predicted octanol–water partition coefficient (Wildman–Crippen LogP) is 3.56. The van der Waals surface area contributed by atoms with Gasteiger partial charge in [0.1, 0.15) is 0 Å². The van der Waals surface area contributed by atoms with Crippen LogP contribution in [0.2, 0.25) is 0 Å². The second kappa shape index (κ2) is 5.79. The minimum Gasteiger partial charge on any atom is -0.370 e. The van der Waals surface area contributed by atoms with E-state index >= 15 is 0 Å². The molecule has 0 aromatic carbocycles. The van der Waals surface area contributed by atoms with Crippen molar-refractivity contribution in [3.8, 4) is 10.7 Å². The number of hydrogen-bond acceptors (Lipinski definition) is 6. The van der Waals surface area contributed by atoms with Crippen LogP contribution in [-0.2, 0) is 11.3 Å². The summed E-state index contributed by atoms with van der Waals surface area (Å²) in [5.74, 6) is 1.31. The van der Waals surface area contributed by atoms with Gasteiger partial charge in [0.15, 0.2) is 0 Å². The monoisotopic (exact) mass is 371 g/mol. The van der Waals surface area contributed by atoms with Gasteiger partial charge in [0.25, 0.3) is 0 Å². The van der Waals surface area contributed by atoms with Gasteiger partial charge in [-0.2, -0.15) is 4.98 Å². The molecule has 2 aromatic rings. The topological polar surface area (TPSA) is 51.4 Å². The largest absolute Gasteiger partial charge is 0.370 e. The lowest BCUT2D eigenvalue weighted by molar-refractivity contribution is -0.132. The summed E-state index contributed by atoms with van der Waals surface area (Å²) in [5.41, 5.74) is -0.140. The summed E-state index contributed by atoms with van der Waals surface area (Å²) < 4.78 is 12.3. The maximum absolute atomic E-state index is 5.91. The van der Waals surface area contributed by atoms with Crippen molar-refractivity contribution >= 4 is 27.3 Å². The third-order valence-electron chi connectivity index (χ3n) is 3.25. The molecule has 0 saturated carbocycles. The van der Waals surface area contributed by atoms with Crippen molar-refractivity contribution in [1.29, 1.82) is 0 Å². The highest BCUT2D eigenvalue weighted by atomic mass is 79.9. The van der Waals surface area contributed by atoms with E-state index in [2.05, 4.69) is 51.7 Å². The molecule has 1 aliphatic rings. The molecule has 114 valence electrons. The number of ether oxygens (including phenoxy) is 1. The number of halogens is 1. The molecule has 1 atom stereocenters. The van der Waals surface area contributed by atoms with Crippen LogP contribution >= 0.6 is 27.3 Å². The van der Waals surface area contributed by atoms with Crippen molar-refractivity contribution in [2.45, 2.75) is 39.0 Å². The number of aromatic nitrogens is 2. The van der Waals surface area contributed by atoms with Gasteiger partial charge in [-0.05, 0) is 42.8 Å². The molecule has 0 spiro atoms. The van der Waals surface area contributed by atoms with Gasteiger partial charge in [-0.25, -0.2) is 0 Å². The number of rotatable bonds is 3. The SMILES string of the molecule is C[C@H]1CN(Cc2nc(-c3cc(Br)cs3)no2)CC(C)(C)O1. The van der Waals surface area contributed by atoms with E-state index in [0.29, 0.717) is 18.3 Å². The minimum absolute atomic E-state index is 0.140. The predicted molar refractivity (Wildman–Crippen MR) is 85.2 cm³/mol. The fourth-order valence-corrected chi connectivity index (χ4v) is 4.10. The molecule has 0 N–H and O–H groups in total. The molecule has 0 radical (unpaired) electrons. The van der Waals surface area contributed by atoms with E-state index in [9.17, 15) is 0 Å². The fourth-order valence-electron chi connectivity index (χ4n) is 2.75. The first-order chi connectivity index (χ1) is 9.91. The van der Waals surface area contributed by atoms with Gasteiger partial charge in [0, 0.05) is 22.9 Å². The molecule has 7 heteroatoms. The third kappa shape index (κ3) is 3.71. The molecular weight excluding hydrogens is 354 g/mol. The van der Waals surface area contributed by atoms with Crippen LogP contribution in [0.1, 0.15) is 26.7 Å². The number of nitrogens with zero attached hydrogens (tertiary/aromatic N) is 3. The van der Waals surface area contributed by atoms with Gasteiger partial charge in [-0.1, -0.05) is 5.16 Å². The Morgan fingerprint density at radius 2 is 2.33 bits per heavy atom. The molecule has 1 fully saturated rings. The standard InChI is InChI=1S/C14H18BrN3O2S/c1-9-5-18(8-14(2,3)19-9)6-12-16-13(17-20-12)11-4-10(15)7-21-11/h4,7,9H,5-6,8H2,1-3H3/t9-/m0/s1. The first-order valence-corrected chi connectivity index (χ1v) is 8.56. The third-order valence-corrected chi connectivity index (χ3v) is 4.94. The van der Waals surface area contributed by atoms with E-state index in [-0.39, 0.29) is 11.7 Å². The van der Waals surface area contributed by atoms with Crippen LogP contribution in [0.15, 0.2) is 20.4 Å². The van der Waals surface area contributed by atoms with Crippen molar-refractivity contribution in [1.82, 2.24) is 15.0 Å². The van der Waals surface area contributed by atoms with E-state index < -0.39 is 0 Å². The number of morpholine rings is 1. The Labute approximate surface area is 136 Å². The van der Waals surface area contributed by atoms with Crippen molar-refractivity contribution < 1.29 is 9.26 Å². The van der Waals surface area contributed by atoms with Gasteiger partial charge in [-0.15, -0.1) is 11.3 Å². The lowest BCUT2D eigenvalue weighted by atomic mass is 10.1. The van der Waals surface area contributed by atoms with Crippen molar-refractivity contribution in [2.24, 2.45) is 0 Å². The second-order valence-electron chi connectivity index (χ2n) is 6.00. The van der Waals surface area contributed by atoms with Crippen molar-refractivity contribution in [3.05, 3.63) is 21.8 Å². The van der Waals surface area contributed by atoms with Crippen LogP contribution in [0.5, 0.6) is 0 Å². The molecule has 21 heavy (non-hydrogen) atoms. The van der Waals surface area contributed by atoms with E-state index in [1.807, 2.05) is 11.4 Å². The normalized spacial score (nSPS) is 22.6. The maximum Gasteiger partial charge on any atom is 0.241 e. The van der Waals surface area contributed by atoms with Gasteiger partial charge < -0.3 is 9.26 Å². The summed E-state index contributed by atoms with van der Waals surface area (Å²) in [5, 5.41) is 6.08. The highest BCUT2D eigenvalue weighted by Crippen LogP contribution is 2.28. The molecule has 0 amide bonds. The van der Waals surface area contributed by atoms with Gasteiger partial charge in [0.05, 0.1) is 23.1 Å². The quantitative estimate of drug-likeness (QED) is 0.825. The molecule has 1 aliphatic heterocycles. The molecule has 0 bridgehead atoms. The average Bonchev–Trinajstić information content (AvgIpc) is 2.95. The number of hydrogen-bond donors (Lipinski definition) is 0. The summed E-state index contributed by atoms with van der Waals surface area (Å²) in [6.45, 7) is 8.72. The molecule has 5 nitrogen and oxygen atoms in total. The fraction of sp³-hybridized carbons (Fsp3) is 0.571. The zero-order valence-electron chi connectivity index (χ0n) is 12.3. The molecule has 0 aliphatic carbocycles. The van der Waals surface area contributed by atoms with Crippen LogP contribution in [0.25, 0.3) is 10.7 Å². The number of thiophene rings is 1. The van der Waals surface area contributed by atoms with E-state index in [1.54, 1.807) is 11.3 Å². The van der Waals surface area contributed by atoms with E-state index in [0.717, 1.165) is 22.4 Å². The Hall–Kier alpha value is -0.760. The molecular formula is C14H18BrN3O2S. The van der Waals surface area contributed by atoms with Crippen LogP contribution < -0.4 is 0 Å². The molecule has 2 aromatic heterocycles. The Bertz CT molecular complexity index is 625. The summed E-state index contributed by atoms with van der Waals surface area (Å²) in [7, 11) is 0. The lowest BCUT2D eigenvalue weighted by Gasteiger charge is -2.41. The van der Waals surface area contributed by atoms with Gasteiger partial charge >= 0.3 is 0 Å². The molecule has 3 heterocycles. The average molecular weight is 372 g/mol. The molecule has 1 saturated heterocycles. The van der Waals surface area contributed by atoms with Crippen LogP contribution in [0.4, 0.5) is 0 Å². The van der Waals surface area contributed by atoms with Crippen LogP contribution in [0, 0.1) is 0 Å². The molecule has 0 unspecified atom stereocenters. The van der Waals surface area contributed by atoms with Crippen LogP contribution in [-0.4, -0.2) is 39.8 Å². The van der Waals surface area contributed by atoms with E-state index in [4.69, 9.17) is 9.26 Å². The van der Waals surface area contributed by atoms with E-state index in [1.165, 1.54) is 0 Å². The Balaban J connectivity index is 1.70. The first kappa shape index (κ1) is 15.1. The zero-order chi connectivity index (χ0) is 15.0. The summed E-state index contributed by atoms with van der Waals surface area (Å²) in [6.07, 6.45) is 0.212. The lowest BCUT2D eigenvalue weighted by Crippen LogP contribution is -2.51. The molecule has 3 rings (SSSR count). The van der Waals surface area contributed by atoms with Crippen molar-refractivity contribution in [2.75, 3.05) is 13.1 Å². The maximum atomic E-state index is 5.91. The summed E-state index contributed by atoms with van der Waals surface area (Å²) >= 11 is 5.03. The Morgan fingerprint density at radius 1 is 1.52 bits per heavy atom. The highest BCUT2D eigenvalue weighted by molar-refractivity contribution is 9.10.